The largest absolute Gasteiger partial charge is 0.328 e. The second-order valence-electron chi connectivity index (χ2n) is 5.58. The van der Waals surface area contributed by atoms with Gasteiger partial charge >= 0.3 is 6.03 Å². The van der Waals surface area contributed by atoms with E-state index in [1.165, 1.54) is 11.1 Å². The molecule has 0 radical (unpaired) electrons. The van der Waals surface area contributed by atoms with Crippen LogP contribution in [-0.4, -0.2) is 6.03 Å². The first kappa shape index (κ1) is 13.7. The van der Waals surface area contributed by atoms with Gasteiger partial charge in [0, 0.05) is 5.69 Å². The van der Waals surface area contributed by atoms with Crippen molar-refractivity contribution < 1.29 is 4.79 Å². The van der Waals surface area contributed by atoms with Crippen molar-refractivity contribution in [2.45, 2.75) is 31.7 Å². The number of carbonyl (C=O) groups excluding carboxylic acids is 1. The summed E-state index contributed by atoms with van der Waals surface area (Å²) in [6, 6.07) is 18.0. The highest BCUT2D eigenvalue weighted by atomic mass is 16.2. The summed E-state index contributed by atoms with van der Waals surface area (Å²) < 4.78 is 0. The first-order valence-corrected chi connectivity index (χ1v) is 7.45. The van der Waals surface area contributed by atoms with E-state index in [2.05, 4.69) is 29.7 Å². The third kappa shape index (κ3) is 3.07. The summed E-state index contributed by atoms with van der Waals surface area (Å²) in [7, 11) is 0. The number of benzene rings is 2. The zero-order chi connectivity index (χ0) is 14.7. The lowest BCUT2D eigenvalue weighted by Gasteiger charge is -2.18. The lowest BCUT2D eigenvalue weighted by atomic mass is 10.1. The van der Waals surface area contributed by atoms with E-state index in [-0.39, 0.29) is 11.6 Å². The van der Waals surface area contributed by atoms with Crippen molar-refractivity contribution in [3.05, 3.63) is 65.7 Å². The average Bonchev–Trinajstić information content (AvgIpc) is 3.29. The summed E-state index contributed by atoms with van der Waals surface area (Å²) in [6.45, 7) is 2.12. The first-order chi connectivity index (χ1) is 10.2. The Hall–Kier alpha value is -2.29. The highest BCUT2D eigenvalue weighted by Crippen LogP contribution is 2.45. The molecular weight excluding hydrogens is 260 g/mol. The molecule has 2 aromatic carbocycles. The molecule has 0 saturated heterocycles. The normalized spacial score (nSPS) is 15.3. The minimum atomic E-state index is -0.172. The van der Waals surface area contributed by atoms with Crippen LogP contribution in [0.1, 0.15) is 30.9 Å². The second kappa shape index (κ2) is 5.60. The monoisotopic (exact) mass is 280 g/mol. The zero-order valence-electron chi connectivity index (χ0n) is 12.2. The van der Waals surface area contributed by atoms with E-state index >= 15 is 0 Å². The number of anilines is 1. The number of urea groups is 1. The molecule has 0 aromatic heterocycles. The van der Waals surface area contributed by atoms with Gasteiger partial charge in [0.15, 0.2) is 0 Å². The van der Waals surface area contributed by atoms with Crippen molar-refractivity contribution in [3.63, 3.8) is 0 Å². The maximum Gasteiger partial charge on any atom is 0.319 e. The van der Waals surface area contributed by atoms with E-state index in [1.807, 2.05) is 42.5 Å². The van der Waals surface area contributed by atoms with Crippen molar-refractivity contribution in [1.29, 1.82) is 0 Å². The van der Waals surface area contributed by atoms with Crippen LogP contribution < -0.4 is 10.6 Å². The molecule has 0 bridgehead atoms. The Labute approximate surface area is 125 Å². The molecule has 1 fully saturated rings. The standard InChI is InChI=1S/C18H20N2O/c1-2-14-8-10-16(11-9-14)19-17(21)20-18(12-13-18)15-6-4-3-5-7-15/h3-11H,2,12-13H2,1H3,(H2,19,20,21). The fourth-order valence-electron chi connectivity index (χ4n) is 2.57. The van der Waals surface area contributed by atoms with Gasteiger partial charge in [0.2, 0.25) is 0 Å². The molecular formula is C18H20N2O. The molecule has 0 heterocycles. The molecule has 1 aliphatic carbocycles. The predicted molar refractivity (Wildman–Crippen MR) is 85.3 cm³/mol. The van der Waals surface area contributed by atoms with Crippen molar-refractivity contribution in [3.8, 4) is 0 Å². The van der Waals surface area contributed by atoms with Crippen LogP contribution in [0.3, 0.4) is 0 Å². The molecule has 3 rings (SSSR count). The van der Waals surface area contributed by atoms with Gasteiger partial charge in [0.25, 0.3) is 0 Å². The molecule has 108 valence electrons. The van der Waals surface area contributed by atoms with Crippen molar-refractivity contribution in [2.24, 2.45) is 0 Å². The van der Waals surface area contributed by atoms with E-state index in [9.17, 15) is 4.79 Å². The third-order valence-electron chi connectivity index (χ3n) is 4.05. The Kier molecular flexibility index (Phi) is 3.65. The minimum absolute atomic E-state index is 0.138. The van der Waals surface area contributed by atoms with Gasteiger partial charge in [-0.05, 0) is 42.5 Å². The lowest BCUT2D eigenvalue weighted by Crippen LogP contribution is -2.38. The van der Waals surface area contributed by atoms with Gasteiger partial charge in [-0.3, -0.25) is 0 Å². The molecule has 0 aliphatic heterocycles. The van der Waals surface area contributed by atoms with Crippen molar-refractivity contribution in [1.82, 2.24) is 5.32 Å². The fraction of sp³-hybridized carbons (Fsp3) is 0.278. The number of hydrogen-bond acceptors (Lipinski definition) is 1. The predicted octanol–water partition coefficient (Wildman–Crippen LogP) is 4.06. The number of nitrogens with one attached hydrogen (secondary N) is 2. The van der Waals surface area contributed by atoms with Crippen LogP contribution in [0.4, 0.5) is 10.5 Å². The topological polar surface area (TPSA) is 41.1 Å². The Morgan fingerprint density at radius 1 is 1.05 bits per heavy atom. The Balaban J connectivity index is 1.64. The van der Waals surface area contributed by atoms with Gasteiger partial charge in [-0.25, -0.2) is 4.79 Å². The maximum atomic E-state index is 12.2. The molecule has 21 heavy (non-hydrogen) atoms. The van der Waals surface area contributed by atoms with Gasteiger partial charge in [-0.15, -0.1) is 0 Å². The summed E-state index contributed by atoms with van der Waals surface area (Å²) >= 11 is 0. The number of aryl methyl sites for hydroxylation is 1. The summed E-state index contributed by atoms with van der Waals surface area (Å²) in [5, 5.41) is 6.02. The Bertz CT molecular complexity index is 615. The molecule has 2 amide bonds. The number of hydrogen-bond donors (Lipinski definition) is 2. The van der Waals surface area contributed by atoms with Gasteiger partial charge in [0.05, 0.1) is 5.54 Å². The van der Waals surface area contributed by atoms with Crippen LogP contribution in [0.15, 0.2) is 54.6 Å². The molecule has 3 nitrogen and oxygen atoms in total. The highest BCUT2D eigenvalue weighted by Gasteiger charge is 2.45. The molecule has 3 heteroatoms. The summed E-state index contributed by atoms with van der Waals surface area (Å²) in [5.41, 5.74) is 3.10. The molecule has 1 aliphatic rings. The molecule has 0 atom stereocenters. The SMILES string of the molecule is CCc1ccc(NC(=O)NC2(c3ccccc3)CC2)cc1. The molecule has 1 saturated carbocycles. The fourth-order valence-corrected chi connectivity index (χ4v) is 2.57. The Morgan fingerprint density at radius 3 is 2.29 bits per heavy atom. The average molecular weight is 280 g/mol. The molecule has 2 N–H and O–H groups in total. The van der Waals surface area contributed by atoms with Crippen molar-refractivity contribution in [2.75, 3.05) is 5.32 Å². The third-order valence-corrected chi connectivity index (χ3v) is 4.05. The quantitative estimate of drug-likeness (QED) is 0.871. The summed E-state index contributed by atoms with van der Waals surface area (Å²) in [4.78, 5) is 12.2. The summed E-state index contributed by atoms with van der Waals surface area (Å²) in [5.74, 6) is 0. The van der Waals surface area contributed by atoms with Crippen LogP contribution in [0.2, 0.25) is 0 Å². The summed E-state index contributed by atoms with van der Waals surface area (Å²) in [6.07, 6.45) is 3.00. The lowest BCUT2D eigenvalue weighted by molar-refractivity contribution is 0.247. The minimum Gasteiger partial charge on any atom is -0.328 e. The first-order valence-electron chi connectivity index (χ1n) is 7.45. The smallest absolute Gasteiger partial charge is 0.319 e. The van der Waals surface area contributed by atoms with Gasteiger partial charge < -0.3 is 10.6 Å². The van der Waals surface area contributed by atoms with E-state index in [0.717, 1.165) is 24.9 Å². The highest BCUT2D eigenvalue weighted by molar-refractivity contribution is 5.90. The van der Waals surface area contributed by atoms with Crippen LogP contribution in [-0.2, 0) is 12.0 Å². The molecule has 0 unspecified atom stereocenters. The zero-order valence-corrected chi connectivity index (χ0v) is 12.2. The molecule has 0 spiro atoms. The van der Waals surface area contributed by atoms with Gasteiger partial charge in [-0.2, -0.15) is 0 Å². The molecule has 2 aromatic rings. The van der Waals surface area contributed by atoms with E-state index in [1.54, 1.807) is 0 Å². The second-order valence-corrected chi connectivity index (χ2v) is 5.58. The maximum absolute atomic E-state index is 12.2. The van der Waals surface area contributed by atoms with E-state index in [4.69, 9.17) is 0 Å². The van der Waals surface area contributed by atoms with E-state index < -0.39 is 0 Å². The van der Waals surface area contributed by atoms with Crippen LogP contribution in [0, 0.1) is 0 Å². The van der Waals surface area contributed by atoms with Gasteiger partial charge in [0.1, 0.15) is 0 Å². The number of rotatable bonds is 4. The van der Waals surface area contributed by atoms with Crippen LogP contribution in [0.5, 0.6) is 0 Å². The van der Waals surface area contributed by atoms with Gasteiger partial charge in [-0.1, -0.05) is 49.4 Å². The van der Waals surface area contributed by atoms with Crippen LogP contribution in [0.25, 0.3) is 0 Å². The number of carbonyl (C=O) groups is 1. The van der Waals surface area contributed by atoms with Crippen LogP contribution >= 0.6 is 0 Å². The Morgan fingerprint density at radius 2 is 1.71 bits per heavy atom. The number of amides is 2. The van der Waals surface area contributed by atoms with Crippen molar-refractivity contribution >= 4 is 11.7 Å². The van der Waals surface area contributed by atoms with E-state index in [0.29, 0.717) is 0 Å².